The highest BCUT2D eigenvalue weighted by Gasteiger charge is 2.30. The largest absolute Gasteiger partial charge is 0.471 e. The van der Waals surface area contributed by atoms with Crippen LogP contribution in [-0.4, -0.2) is 38.6 Å². The Morgan fingerprint density at radius 1 is 1.00 bits per heavy atom. The Balaban J connectivity index is 3.12. The number of hydrogen-bond donors (Lipinski definition) is 0. The molecule has 0 saturated heterocycles. The number of unbranched alkanes of at least 4 members (excludes halogenated alkanes) is 3. The topological polar surface area (TPSA) is 26.3 Å². The summed E-state index contributed by atoms with van der Waals surface area (Å²) in [4.78, 5) is 12.6. The molecule has 1 aromatic carbocycles. The van der Waals surface area contributed by atoms with Crippen LogP contribution in [0.4, 0.5) is 13.2 Å². The third kappa shape index (κ3) is 9.81. The smallest absolute Gasteiger partial charge is 0.416 e. The Morgan fingerprint density at radius 3 is 1.87 bits per heavy atom. The summed E-state index contributed by atoms with van der Waals surface area (Å²) in [6, 6.07) is 5.00. The first-order chi connectivity index (χ1) is 14.7. The molecule has 2 nitrogen and oxygen atoms in total. The molecule has 174 valence electrons. The normalized spacial score (nSPS) is 13.5. The summed E-state index contributed by atoms with van der Waals surface area (Å²) in [5.74, 6) is -0.789. The first-order valence-electron chi connectivity index (χ1n) is 11.4. The van der Waals surface area contributed by atoms with Gasteiger partial charge in [0.2, 0.25) is 0 Å². The molecule has 0 bridgehead atoms. The minimum Gasteiger partial charge on any atom is -0.471 e. The van der Waals surface area contributed by atoms with Crippen molar-refractivity contribution in [1.29, 1.82) is 0 Å². The molecule has 1 unspecified atom stereocenters. The monoisotopic (exact) mass is 456 g/mol. The van der Waals surface area contributed by atoms with E-state index in [0.29, 0.717) is 5.56 Å². The van der Waals surface area contributed by atoms with E-state index in [4.69, 9.17) is 4.74 Å². The molecule has 0 fully saturated rings. The van der Waals surface area contributed by atoms with Gasteiger partial charge in [-0.1, -0.05) is 71.1 Å². The number of methoxy groups -OCH3 is 1. The average molecular weight is 456 g/mol. The van der Waals surface area contributed by atoms with Gasteiger partial charge in [-0.2, -0.15) is 13.2 Å². The number of alkyl halides is 3. The molecule has 0 heterocycles. The second-order valence-corrected chi connectivity index (χ2v) is 12.2. The molecule has 2 radical (unpaired) electrons. The van der Waals surface area contributed by atoms with Crippen LogP contribution < -0.4 is 0 Å². The maximum absolute atomic E-state index is 12.8. The molecule has 1 atom stereocenters. The number of benzene rings is 1. The molecular weight excluding hydrogens is 419 g/mol. The van der Waals surface area contributed by atoms with Gasteiger partial charge in [-0.25, -0.2) is 7.14 Å². The van der Waals surface area contributed by atoms with Gasteiger partial charge < -0.3 is 4.74 Å². The van der Waals surface area contributed by atoms with E-state index in [1.165, 1.54) is 19.2 Å². The van der Waals surface area contributed by atoms with Gasteiger partial charge in [0.15, 0.2) is 0 Å². The molecule has 31 heavy (non-hydrogen) atoms. The highest BCUT2D eigenvalue weighted by molar-refractivity contribution is 8.00. The molecule has 0 saturated carbocycles. The Morgan fingerprint density at radius 2 is 1.48 bits per heavy atom. The van der Waals surface area contributed by atoms with E-state index in [1.807, 2.05) is 0 Å². The summed E-state index contributed by atoms with van der Waals surface area (Å²) in [7, 11) is -0.0577. The third-order valence-electron chi connectivity index (χ3n) is 5.56. The number of ether oxygens (including phenoxy) is 1. The summed E-state index contributed by atoms with van der Waals surface area (Å²) < 4.78 is 43.5. The Labute approximate surface area is 187 Å². The van der Waals surface area contributed by atoms with Gasteiger partial charge in [0.1, 0.15) is 0 Å². The number of carbonyl (C=O) groups is 1. The molecule has 0 amide bonds. The van der Waals surface area contributed by atoms with Crippen molar-refractivity contribution in [3.8, 4) is 0 Å². The van der Waals surface area contributed by atoms with E-state index in [0.717, 1.165) is 69.1 Å². The fraction of sp³-hybridized carbons (Fsp3) is 0.625. The minimum absolute atomic E-state index is 0.308. The molecule has 0 aliphatic carbocycles. The van der Waals surface area contributed by atoms with Crippen LogP contribution in [0.5, 0.6) is 0 Å². The van der Waals surface area contributed by atoms with E-state index < -0.39 is 24.7 Å². The molecule has 7 heteroatoms. The molecule has 0 aliphatic rings. The van der Waals surface area contributed by atoms with E-state index >= 15 is 0 Å². The van der Waals surface area contributed by atoms with Gasteiger partial charge in [0.25, 0.3) is 5.97 Å². The van der Waals surface area contributed by atoms with E-state index in [2.05, 4.69) is 27.8 Å². The lowest BCUT2D eigenvalue weighted by atomic mass is 9.85. The fourth-order valence-corrected chi connectivity index (χ4v) is 8.50. The Kier molecular flexibility index (Phi) is 12.5. The van der Waals surface area contributed by atoms with Crippen molar-refractivity contribution >= 4 is 26.2 Å². The SMILES string of the molecule is CCCC[P+]([B-]C(/C=C/c1ccc(C(F)(F)F)cc1)C(=O)OC)(CCCC)CCCC. The van der Waals surface area contributed by atoms with Crippen molar-refractivity contribution in [2.24, 2.45) is 0 Å². The molecular formula is C24H37BF3O2P. The van der Waals surface area contributed by atoms with E-state index in [1.54, 1.807) is 12.2 Å². The summed E-state index contributed by atoms with van der Waals surface area (Å²) in [5.41, 5.74) is -0.0423. The molecule has 0 aromatic heterocycles. The fourth-order valence-electron chi connectivity index (χ4n) is 3.64. The third-order valence-corrected chi connectivity index (χ3v) is 10.1. The van der Waals surface area contributed by atoms with Crippen LogP contribution in [0.2, 0.25) is 5.82 Å². The minimum atomic E-state index is -4.35. The van der Waals surface area contributed by atoms with Crippen molar-refractivity contribution in [2.45, 2.75) is 71.3 Å². The van der Waals surface area contributed by atoms with Crippen LogP contribution in [0.15, 0.2) is 30.3 Å². The lowest BCUT2D eigenvalue weighted by Crippen LogP contribution is -2.23. The number of rotatable bonds is 14. The molecule has 0 spiro atoms. The van der Waals surface area contributed by atoms with E-state index in [9.17, 15) is 18.0 Å². The van der Waals surface area contributed by atoms with Crippen LogP contribution in [0.3, 0.4) is 0 Å². The zero-order valence-electron chi connectivity index (χ0n) is 19.4. The highest BCUT2D eigenvalue weighted by atomic mass is 31.2. The Bertz CT molecular complexity index is 653. The van der Waals surface area contributed by atoms with E-state index in [-0.39, 0.29) is 5.97 Å². The van der Waals surface area contributed by atoms with Crippen molar-refractivity contribution in [1.82, 2.24) is 0 Å². The first kappa shape index (κ1) is 27.7. The van der Waals surface area contributed by atoms with Crippen molar-refractivity contribution in [2.75, 3.05) is 25.6 Å². The lowest BCUT2D eigenvalue weighted by molar-refractivity contribution is -0.139. The average Bonchev–Trinajstić information content (AvgIpc) is 2.76. The van der Waals surface area contributed by atoms with Gasteiger partial charge in [-0.15, -0.1) is 6.08 Å². The van der Waals surface area contributed by atoms with Crippen LogP contribution in [-0.2, 0) is 15.7 Å². The maximum Gasteiger partial charge on any atom is 0.416 e. The summed E-state index contributed by atoms with van der Waals surface area (Å²) in [5, 5.41) is 0. The second kappa shape index (κ2) is 14.0. The first-order valence-corrected chi connectivity index (χ1v) is 13.8. The van der Waals surface area contributed by atoms with Crippen molar-refractivity contribution < 1.29 is 22.7 Å². The number of carbonyl (C=O) groups excluding carboxylic acids is 1. The second-order valence-electron chi connectivity index (χ2n) is 8.13. The number of esters is 1. The zero-order valence-corrected chi connectivity index (χ0v) is 20.3. The molecule has 1 aromatic rings. The predicted octanol–water partition coefficient (Wildman–Crippen LogP) is 7.72. The molecule has 1 rings (SSSR count). The maximum atomic E-state index is 12.8. The number of halogens is 3. The summed E-state index contributed by atoms with van der Waals surface area (Å²) >= 11 is 0. The van der Waals surface area contributed by atoms with Crippen LogP contribution in [0.25, 0.3) is 6.08 Å². The zero-order chi connectivity index (χ0) is 23.3. The van der Waals surface area contributed by atoms with Crippen LogP contribution >= 0.6 is 7.14 Å². The molecule has 0 N–H and O–H groups in total. The van der Waals surface area contributed by atoms with Crippen molar-refractivity contribution in [3.05, 3.63) is 41.5 Å². The lowest BCUT2D eigenvalue weighted by Gasteiger charge is -2.42. The predicted molar refractivity (Wildman–Crippen MR) is 128 cm³/mol. The molecule has 0 aliphatic heterocycles. The van der Waals surface area contributed by atoms with Gasteiger partial charge in [0.05, 0.1) is 12.7 Å². The summed E-state index contributed by atoms with van der Waals surface area (Å²) in [6.45, 7) is 8.84. The van der Waals surface area contributed by atoms with Crippen molar-refractivity contribution in [3.63, 3.8) is 0 Å². The van der Waals surface area contributed by atoms with Gasteiger partial charge >= 0.3 is 6.18 Å². The standard InChI is InChI=1S/C24H37BF3O2P/c1-5-8-17-31(18-9-6-2,19-10-7-3)25-22(23(29)30-4)16-13-20-11-14-21(15-12-20)24(26,27)28/h11-16,22H,5-10,17-19H2,1-4H3/b16-13+. The Hall–Kier alpha value is -1.29. The van der Waals surface area contributed by atoms with Crippen LogP contribution in [0.1, 0.15) is 70.4 Å². The van der Waals surface area contributed by atoms with Crippen LogP contribution in [0, 0.1) is 0 Å². The van der Waals surface area contributed by atoms with Gasteiger partial charge in [-0.05, 0) is 37.0 Å². The highest BCUT2D eigenvalue weighted by Crippen LogP contribution is 2.61. The quantitative estimate of drug-likeness (QED) is 0.163. The van der Waals surface area contributed by atoms with Gasteiger partial charge in [-0.3, -0.25) is 4.79 Å². The van der Waals surface area contributed by atoms with Gasteiger partial charge in [0, 0.05) is 18.5 Å². The summed E-state index contributed by atoms with van der Waals surface area (Å²) in [6.07, 6.45) is 9.40. The number of hydrogen-bond acceptors (Lipinski definition) is 2.